The standard InChI is InChI=1S/C10H16N4O3/c1-3-4-5-13(2)9(15)7-14-6-8(10(16)17)11-12-14/h6H,3-5,7H2,1-2H3,(H,16,17). The number of nitrogens with zero attached hydrogens (tertiary/aromatic N) is 4. The Bertz CT molecular complexity index is 402. The van der Waals surface area contributed by atoms with Crippen LogP contribution in [0.4, 0.5) is 0 Å². The minimum absolute atomic E-state index is 0.0144. The highest BCUT2D eigenvalue weighted by Crippen LogP contribution is 1.97. The van der Waals surface area contributed by atoms with Crippen LogP contribution in [0.1, 0.15) is 30.3 Å². The summed E-state index contributed by atoms with van der Waals surface area (Å²) in [5, 5.41) is 15.7. The lowest BCUT2D eigenvalue weighted by atomic mass is 10.3. The number of likely N-dealkylation sites (N-methyl/N-ethyl adjacent to an activating group) is 1. The number of rotatable bonds is 6. The molecule has 0 radical (unpaired) electrons. The monoisotopic (exact) mass is 240 g/mol. The topological polar surface area (TPSA) is 88.3 Å². The minimum Gasteiger partial charge on any atom is -0.476 e. The van der Waals surface area contributed by atoms with Gasteiger partial charge >= 0.3 is 5.97 Å². The van der Waals surface area contributed by atoms with Gasteiger partial charge in [-0.2, -0.15) is 0 Å². The van der Waals surface area contributed by atoms with E-state index in [1.54, 1.807) is 11.9 Å². The molecule has 0 aliphatic heterocycles. The number of carboxylic acids is 1. The van der Waals surface area contributed by atoms with Gasteiger partial charge < -0.3 is 10.0 Å². The van der Waals surface area contributed by atoms with Crippen molar-refractivity contribution in [1.82, 2.24) is 19.9 Å². The SMILES string of the molecule is CCCCN(C)C(=O)Cn1cc(C(=O)O)nn1. The third-order valence-corrected chi connectivity index (χ3v) is 2.33. The van der Waals surface area contributed by atoms with Crippen molar-refractivity contribution < 1.29 is 14.7 Å². The van der Waals surface area contributed by atoms with Gasteiger partial charge in [-0.3, -0.25) is 4.79 Å². The largest absolute Gasteiger partial charge is 0.476 e. The fourth-order valence-corrected chi connectivity index (χ4v) is 1.25. The van der Waals surface area contributed by atoms with E-state index >= 15 is 0 Å². The van der Waals surface area contributed by atoms with E-state index in [0.717, 1.165) is 12.8 Å². The Morgan fingerprint density at radius 3 is 2.76 bits per heavy atom. The van der Waals surface area contributed by atoms with Crippen LogP contribution in [0.3, 0.4) is 0 Å². The van der Waals surface area contributed by atoms with E-state index < -0.39 is 5.97 Å². The predicted octanol–water partition coefficient (Wildman–Crippen LogP) is 0.235. The van der Waals surface area contributed by atoms with Crippen LogP contribution in [-0.4, -0.2) is 50.5 Å². The molecular weight excluding hydrogens is 224 g/mol. The summed E-state index contributed by atoms with van der Waals surface area (Å²) in [5.41, 5.74) is -0.158. The molecule has 0 spiro atoms. The molecule has 0 aliphatic carbocycles. The Morgan fingerprint density at radius 2 is 2.24 bits per heavy atom. The van der Waals surface area contributed by atoms with Gasteiger partial charge in [-0.05, 0) is 6.42 Å². The number of aromatic nitrogens is 3. The summed E-state index contributed by atoms with van der Waals surface area (Å²) in [6, 6.07) is 0. The van der Waals surface area contributed by atoms with Gasteiger partial charge in [0.15, 0.2) is 5.69 Å². The number of carboxylic acid groups (broad SMARTS) is 1. The highest BCUT2D eigenvalue weighted by atomic mass is 16.4. The fraction of sp³-hybridized carbons (Fsp3) is 0.600. The Kier molecular flexibility index (Phi) is 4.62. The average Bonchev–Trinajstić information content (AvgIpc) is 2.74. The van der Waals surface area contributed by atoms with Crippen LogP contribution in [-0.2, 0) is 11.3 Å². The molecular formula is C10H16N4O3. The van der Waals surface area contributed by atoms with E-state index in [2.05, 4.69) is 17.2 Å². The number of carbonyl (C=O) groups excluding carboxylic acids is 1. The number of amides is 1. The molecule has 1 aromatic rings. The molecule has 17 heavy (non-hydrogen) atoms. The number of carbonyl (C=O) groups is 2. The van der Waals surface area contributed by atoms with Crippen LogP contribution in [0.5, 0.6) is 0 Å². The first-order chi connectivity index (χ1) is 8.04. The fourth-order valence-electron chi connectivity index (χ4n) is 1.25. The molecule has 0 atom stereocenters. The van der Waals surface area contributed by atoms with Gasteiger partial charge in [0.2, 0.25) is 5.91 Å². The lowest BCUT2D eigenvalue weighted by Gasteiger charge is -2.16. The Balaban J connectivity index is 2.52. The van der Waals surface area contributed by atoms with Crippen LogP contribution in [0.2, 0.25) is 0 Å². The maximum Gasteiger partial charge on any atom is 0.358 e. The summed E-state index contributed by atoms with van der Waals surface area (Å²) < 4.78 is 1.23. The second kappa shape index (κ2) is 5.97. The molecule has 1 heterocycles. The smallest absolute Gasteiger partial charge is 0.358 e. The summed E-state index contributed by atoms with van der Waals surface area (Å²) in [4.78, 5) is 23.9. The van der Waals surface area contributed by atoms with Gasteiger partial charge in [0.1, 0.15) is 6.54 Å². The van der Waals surface area contributed by atoms with E-state index in [1.165, 1.54) is 10.9 Å². The van der Waals surface area contributed by atoms with Gasteiger partial charge in [-0.25, -0.2) is 9.48 Å². The molecule has 1 aromatic heterocycles. The van der Waals surface area contributed by atoms with Crippen LogP contribution >= 0.6 is 0 Å². The zero-order valence-corrected chi connectivity index (χ0v) is 9.96. The van der Waals surface area contributed by atoms with Crippen LogP contribution in [0.15, 0.2) is 6.20 Å². The van der Waals surface area contributed by atoms with Gasteiger partial charge in [0.25, 0.3) is 0 Å². The minimum atomic E-state index is -1.15. The molecule has 0 unspecified atom stereocenters. The molecule has 0 bridgehead atoms. The Labute approximate surface area is 99.0 Å². The lowest BCUT2D eigenvalue weighted by molar-refractivity contribution is -0.130. The number of hydrogen-bond acceptors (Lipinski definition) is 4. The summed E-state index contributed by atoms with van der Waals surface area (Å²) in [7, 11) is 1.72. The number of hydrogen-bond donors (Lipinski definition) is 1. The Hall–Kier alpha value is -1.92. The molecule has 0 fully saturated rings. The first kappa shape index (κ1) is 13.1. The van der Waals surface area contributed by atoms with Crippen LogP contribution in [0.25, 0.3) is 0 Å². The third-order valence-electron chi connectivity index (χ3n) is 2.33. The van der Waals surface area contributed by atoms with E-state index in [-0.39, 0.29) is 18.1 Å². The number of unbranched alkanes of at least 4 members (excludes halogenated alkanes) is 1. The third kappa shape index (κ3) is 3.86. The number of aromatic carboxylic acids is 1. The molecule has 7 nitrogen and oxygen atoms in total. The first-order valence-corrected chi connectivity index (χ1v) is 5.42. The van der Waals surface area contributed by atoms with E-state index in [0.29, 0.717) is 6.54 Å². The van der Waals surface area contributed by atoms with Gasteiger partial charge in [0, 0.05) is 13.6 Å². The van der Waals surface area contributed by atoms with Gasteiger partial charge in [-0.15, -0.1) is 5.10 Å². The van der Waals surface area contributed by atoms with Crippen LogP contribution in [0, 0.1) is 0 Å². The van der Waals surface area contributed by atoms with E-state index in [4.69, 9.17) is 5.11 Å². The normalized spacial score (nSPS) is 10.2. The van der Waals surface area contributed by atoms with E-state index in [1.807, 2.05) is 0 Å². The maximum atomic E-state index is 11.7. The van der Waals surface area contributed by atoms with Crippen LogP contribution < -0.4 is 0 Å². The van der Waals surface area contributed by atoms with Crippen molar-refractivity contribution in [1.29, 1.82) is 0 Å². The highest BCUT2D eigenvalue weighted by molar-refractivity contribution is 5.84. The second-order valence-electron chi connectivity index (χ2n) is 3.78. The molecule has 1 rings (SSSR count). The molecule has 0 aromatic carbocycles. The maximum absolute atomic E-state index is 11.7. The predicted molar refractivity (Wildman–Crippen MR) is 59.5 cm³/mol. The summed E-state index contributed by atoms with van der Waals surface area (Å²) >= 11 is 0. The van der Waals surface area contributed by atoms with Crippen molar-refractivity contribution in [2.24, 2.45) is 0 Å². The quantitative estimate of drug-likeness (QED) is 0.769. The second-order valence-corrected chi connectivity index (χ2v) is 3.78. The molecule has 0 saturated carbocycles. The van der Waals surface area contributed by atoms with Gasteiger partial charge in [0.05, 0.1) is 6.20 Å². The highest BCUT2D eigenvalue weighted by Gasteiger charge is 2.12. The van der Waals surface area contributed by atoms with Crippen molar-refractivity contribution in [3.8, 4) is 0 Å². The average molecular weight is 240 g/mol. The zero-order chi connectivity index (χ0) is 12.8. The summed E-state index contributed by atoms with van der Waals surface area (Å²) in [6.45, 7) is 2.76. The van der Waals surface area contributed by atoms with Crippen molar-refractivity contribution in [3.05, 3.63) is 11.9 Å². The zero-order valence-electron chi connectivity index (χ0n) is 9.96. The van der Waals surface area contributed by atoms with Crippen molar-refractivity contribution >= 4 is 11.9 Å². The molecule has 7 heteroatoms. The first-order valence-electron chi connectivity index (χ1n) is 5.42. The molecule has 1 amide bonds. The molecule has 1 N–H and O–H groups in total. The van der Waals surface area contributed by atoms with Crippen molar-refractivity contribution in [2.75, 3.05) is 13.6 Å². The lowest BCUT2D eigenvalue weighted by Crippen LogP contribution is -2.31. The van der Waals surface area contributed by atoms with Crippen molar-refractivity contribution in [3.63, 3.8) is 0 Å². The molecule has 0 aliphatic rings. The molecule has 94 valence electrons. The summed E-state index contributed by atoms with van der Waals surface area (Å²) in [5.74, 6) is -1.26. The summed E-state index contributed by atoms with van der Waals surface area (Å²) in [6.07, 6.45) is 3.21. The Morgan fingerprint density at radius 1 is 1.53 bits per heavy atom. The van der Waals surface area contributed by atoms with Gasteiger partial charge in [-0.1, -0.05) is 18.6 Å². The molecule has 0 saturated heterocycles. The van der Waals surface area contributed by atoms with E-state index in [9.17, 15) is 9.59 Å². The van der Waals surface area contributed by atoms with Crippen molar-refractivity contribution in [2.45, 2.75) is 26.3 Å².